The first-order valence-electron chi connectivity index (χ1n) is 23.3. The van der Waals surface area contributed by atoms with E-state index in [1.54, 1.807) is 20.8 Å². The lowest BCUT2D eigenvalue weighted by molar-refractivity contribution is -0.347. The van der Waals surface area contributed by atoms with Crippen LogP contribution in [0.5, 0.6) is 0 Å². The molecule has 0 radical (unpaired) electrons. The van der Waals surface area contributed by atoms with E-state index in [0.29, 0.717) is 25.7 Å². The number of ketones is 1. The molecule has 15 heteroatoms. The number of aliphatic hydroxyl groups excluding tert-OH is 2. The van der Waals surface area contributed by atoms with Gasteiger partial charge in [0.2, 0.25) is 5.91 Å². The van der Waals surface area contributed by atoms with Gasteiger partial charge in [0.05, 0.1) is 36.0 Å². The topological polar surface area (TPSA) is 221 Å². The molecular weight excluding hydrogens is 803 g/mol. The molecule has 62 heavy (non-hydrogen) atoms. The van der Waals surface area contributed by atoms with E-state index in [1.807, 2.05) is 0 Å². The Morgan fingerprint density at radius 1 is 0.806 bits per heavy atom. The summed E-state index contributed by atoms with van der Waals surface area (Å²) in [4.78, 5) is 84.2. The minimum atomic E-state index is -2.27. The molecular formula is C47H69NO14. The van der Waals surface area contributed by atoms with Crippen molar-refractivity contribution in [2.24, 2.45) is 34.5 Å². The van der Waals surface area contributed by atoms with E-state index in [2.05, 4.69) is 5.32 Å². The second-order valence-corrected chi connectivity index (χ2v) is 20.4. The molecule has 1 heterocycles. The highest BCUT2D eigenvalue weighted by Gasteiger charge is 2.78. The van der Waals surface area contributed by atoms with E-state index in [-0.39, 0.29) is 41.9 Å². The fourth-order valence-electron chi connectivity index (χ4n) is 12.8. The van der Waals surface area contributed by atoms with Crippen LogP contribution < -0.4 is 5.32 Å². The monoisotopic (exact) mass is 871 g/mol. The maximum Gasteiger partial charge on any atom is 0.337 e. The summed E-state index contributed by atoms with van der Waals surface area (Å²) in [5, 5.41) is 40.9. The zero-order chi connectivity index (χ0) is 44.9. The quantitative estimate of drug-likeness (QED) is 0.135. The van der Waals surface area contributed by atoms with Gasteiger partial charge in [0, 0.05) is 38.0 Å². The molecule has 1 amide bonds. The third-order valence-corrected chi connectivity index (χ3v) is 16.4. The van der Waals surface area contributed by atoms with Crippen LogP contribution in [0.2, 0.25) is 0 Å². The highest BCUT2D eigenvalue weighted by atomic mass is 16.6. The highest BCUT2D eigenvalue weighted by Crippen LogP contribution is 2.64. The standard InChI is InChI=1S/C47H69NO14/c1-25-31(60-43(56)36(52)35(28-16-10-7-11-17-28)48-41(54)29-18-12-8-13-19-29)23-47(57)40(61-42(55)30-20-14-9-15-21-30)38-45(6,32(51)22-33-46(38,24-58-33)62-27(3)50)39(53)37(59-26(2)49)34(25)44(47,4)5/h28-33,35-38,40,51-52,57H,7-24H2,1-6H3,(H,48,54)/t31?,32-,33?,35?,36+,37+,38-,40-,45+,46-,47?/m0/s1. The van der Waals surface area contributed by atoms with Crippen molar-refractivity contribution < 1.29 is 67.8 Å². The van der Waals surface area contributed by atoms with Crippen LogP contribution in [-0.4, -0.2) is 111 Å². The zero-order valence-corrected chi connectivity index (χ0v) is 37.4. The molecule has 0 aromatic carbocycles. The number of rotatable bonds is 10. The number of fused-ring (bicyclic) bond motifs is 5. The number of amides is 1. The van der Waals surface area contributed by atoms with Crippen molar-refractivity contribution in [3.05, 3.63) is 11.1 Å². The van der Waals surface area contributed by atoms with Gasteiger partial charge in [0.15, 0.2) is 23.6 Å². The van der Waals surface area contributed by atoms with Crippen molar-refractivity contribution in [1.82, 2.24) is 5.32 Å². The minimum absolute atomic E-state index is 0.0901. The zero-order valence-electron chi connectivity index (χ0n) is 37.4. The van der Waals surface area contributed by atoms with Crippen LogP contribution in [0.4, 0.5) is 0 Å². The van der Waals surface area contributed by atoms with Crippen molar-refractivity contribution >= 4 is 35.6 Å². The van der Waals surface area contributed by atoms with Crippen molar-refractivity contribution in [2.45, 2.75) is 205 Å². The number of hydrogen-bond donors (Lipinski definition) is 4. The lowest BCUT2D eigenvalue weighted by Gasteiger charge is -2.67. The molecule has 2 bridgehead atoms. The maximum atomic E-state index is 15.5. The number of aliphatic hydroxyl groups is 3. The van der Waals surface area contributed by atoms with E-state index in [9.17, 15) is 39.3 Å². The Bertz CT molecular complexity index is 1790. The Morgan fingerprint density at radius 3 is 1.94 bits per heavy atom. The second-order valence-electron chi connectivity index (χ2n) is 20.4. The molecule has 1 saturated heterocycles. The first-order chi connectivity index (χ1) is 29.3. The first-order valence-corrected chi connectivity index (χ1v) is 23.3. The molecule has 6 fully saturated rings. The van der Waals surface area contributed by atoms with E-state index >= 15 is 4.79 Å². The van der Waals surface area contributed by atoms with Gasteiger partial charge in [0.1, 0.15) is 23.9 Å². The lowest BCUT2D eigenvalue weighted by atomic mass is 9.44. The summed E-state index contributed by atoms with van der Waals surface area (Å²) in [5.74, 6) is -6.63. The Morgan fingerprint density at radius 2 is 1.39 bits per heavy atom. The fourth-order valence-corrected chi connectivity index (χ4v) is 12.8. The summed E-state index contributed by atoms with van der Waals surface area (Å²) in [6.45, 7) is 8.43. The van der Waals surface area contributed by atoms with Gasteiger partial charge >= 0.3 is 23.9 Å². The summed E-state index contributed by atoms with van der Waals surface area (Å²) in [5.41, 5.74) is -7.13. The molecule has 5 saturated carbocycles. The Hall–Kier alpha value is -3.40. The van der Waals surface area contributed by atoms with Gasteiger partial charge < -0.3 is 44.3 Å². The molecule has 0 spiro atoms. The van der Waals surface area contributed by atoms with Gasteiger partial charge in [-0.25, -0.2) is 4.79 Å². The van der Waals surface area contributed by atoms with Crippen LogP contribution >= 0.6 is 0 Å². The van der Waals surface area contributed by atoms with Crippen molar-refractivity contribution in [2.75, 3.05) is 6.61 Å². The SMILES string of the molecule is CC(=O)O[C@H]1C(=O)[C@]2(C)[C@@H](O)CC3OC[C@@]3(OC(C)=O)[C@H]2[C@H](OC(=O)C2CCCCC2)C2(O)CC(OC(=O)[C@H](O)C(NC(=O)C3CCCCC3)C3CCCCC3)C(C)=C1C2(C)C. The second kappa shape index (κ2) is 17.9. The van der Waals surface area contributed by atoms with E-state index in [1.165, 1.54) is 13.8 Å². The molecule has 6 aliphatic carbocycles. The van der Waals surface area contributed by atoms with Gasteiger partial charge in [-0.05, 0) is 69.4 Å². The lowest BCUT2D eigenvalue weighted by Crippen LogP contribution is -2.82. The van der Waals surface area contributed by atoms with Crippen molar-refractivity contribution in [3.8, 4) is 0 Å². The van der Waals surface area contributed by atoms with Crippen LogP contribution in [0.1, 0.15) is 151 Å². The summed E-state index contributed by atoms with van der Waals surface area (Å²) in [6, 6.07) is -0.943. The average molecular weight is 872 g/mol. The minimum Gasteiger partial charge on any atom is -0.459 e. The number of Topliss-reactive ketones (excluding diaryl/α,β-unsaturated/α-hetero) is 1. The summed E-state index contributed by atoms with van der Waals surface area (Å²) in [7, 11) is 0. The molecule has 7 rings (SSSR count). The van der Waals surface area contributed by atoms with Crippen LogP contribution in [0.15, 0.2) is 11.1 Å². The highest BCUT2D eigenvalue weighted by molar-refractivity contribution is 5.95. The average Bonchev–Trinajstić information content (AvgIpc) is 3.24. The molecule has 0 aromatic heterocycles. The van der Waals surface area contributed by atoms with Gasteiger partial charge in [-0.3, -0.25) is 24.0 Å². The number of carbonyl (C=O) groups excluding carboxylic acids is 6. The molecule has 4 unspecified atom stereocenters. The van der Waals surface area contributed by atoms with Gasteiger partial charge in [-0.15, -0.1) is 0 Å². The first kappa shape index (κ1) is 46.6. The molecule has 346 valence electrons. The Labute approximate surface area is 364 Å². The van der Waals surface area contributed by atoms with E-state index < -0.39 is 113 Å². The predicted molar refractivity (Wildman–Crippen MR) is 220 cm³/mol. The van der Waals surface area contributed by atoms with Crippen LogP contribution in [-0.2, 0) is 52.5 Å². The molecule has 7 aliphatic rings. The third kappa shape index (κ3) is 8.03. The molecule has 0 aromatic rings. The van der Waals surface area contributed by atoms with Crippen LogP contribution in [0.25, 0.3) is 0 Å². The molecule has 15 nitrogen and oxygen atoms in total. The number of carbonyl (C=O) groups is 6. The van der Waals surface area contributed by atoms with Gasteiger partial charge in [0.25, 0.3) is 0 Å². The number of hydrogen-bond acceptors (Lipinski definition) is 14. The van der Waals surface area contributed by atoms with Crippen molar-refractivity contribution in [3.63, 3.8) is 0 Å². The molecule has 11 atom stereocenters. The Balaban J connectivity index is 1.34. The smallest absolute Gasteiger partial charge is 0.337 e. The van der Waals surface area contributed by atoms with Gasteiger partial charge in [-0.2, -0.15) is 0 Å². The van der Waals surface area contributed by atoms with E-state index in [0.717, 1.165) is 77.6 Å². The molecule has 4 N–H and O–H groups in total. The molecule has 1 aliphatic heterocycles. The van der Waals surface area contributed by atoms with Crippen LogP contribution in [0, 0.1) is 34.5 Å². The number of nitrogens with one attached hydrogen (secondary N) is 1. The summed E-state index contributed by atoms with van der Waals surface area (Å²) >= 11 is 0. The van der Waals surface area contributed by atoms with Crippen LogP contribution in [0.3, 0.4) is 0 Å². The third-order valence-electron chi connectivity index (χ3n) is 16.4. The van der Waals surface area contributed by atoms with Crippen molar-refractivity contribution in [1.29, 1.82) is 0 Å². The fraction of sp³-hybridized carbons (Fsp3) is 0.830. The van der Waals surface area contributed by atoms with E-state index in [4.69, 9.17) is 23.7 Å². The number of esters is 4. The summed E-state index contributed by atoms with van der Waals surface area (Å²) < 4.78 is 30.8. The largest absolute Gasteiger partial charge is 0.459 e. The predicted octanol–water partition coefficient (Wildman–Crippen LogP) is 4.48. The summed E-state index contributed by atoms with van der Waals surface area (Å²) in [6.07, 6.45) is 2.45. The normalized spacial score (nSPS) is 37.5. The maximum absolute atomic E-state index is 15.5. The Kier molecular flexibility index (Phi) is 13.4. The number of ether oxygens (including phenoxy) is 5. The van der Waals surface area contributed by atoms with Gasteiger partial charge in [-0.1, -0.05) is 71.6 Å².